The second-order valence-electron chi connectivity index (χ2n) is 13.2. The number of nitrogens with zero attached hydrogens (tertiary/aromatic N) is 5. The standard InChI is InChI=1S/C28H45F3N6O2/c1-18(2)35(5)27(4)11-15-36(16-12-27)21-7-6-8-28(30,31)22(21)32-25(38)37-13-9-26(3,10-14-37)24-33-23(39-34-24)19-17-20(19)29/h18-22H,6-17H2,1-5H3,(H,32,38)/t19-,20+,21+,22-/m1/s1. The van der Waals surface area contributed by atoms with Crippen molar-refractivity contribution in [3.63, 3.8) is 0 Å². The van der Waals surface area contributed by atoms with E-state index in [0.717, 1.165) is 25.9 Å². The zero-order valence-corrected chi connectivity index (χ0v) is 24.1. The van der Waals surface area contributed by atoms with Crippen LogP contribution in [0, 0.1) is 0 Å². The number of alkyl halides is 3. The number of rotatable bonds is 6. The first-order valence-corrected chi connectivity index (χ1v) is 14.7. The maximum Gasteiger partial charge on any atom is 0.317 e. The number of hydrogen-bond acceptors (Lipinski definition) is 6. The van der Waals surface area contributed by atoms with Crippen LogP contribution in [-0.4, -0.2) is 99.9 Å². The van der Waals surface area contributed by atoms with Crippen molar-refractivity contribution in [1.82, 2.24) is 30.2 Å². The maximum atomic E-state index is 15.3. The second-order valence-corrected chi connectivity index (χ2v) is 13.2. The Hall–Kier alpha value is -1.88. The van der Waals surface area contributed by atoms with Gasteiger partial charge in [-0.1, -0.05) is 12.1 Å². The molecule has 0 aromatic carbocycles. The molecule has 2 saturated carbocycles. The summed E-state index contributed by atoms with van der Waals surface area (Å²) in [6.45, 7) is 11.0. The van der Waals surface area contributed by atoms with Crippen LogP contribution in [-0.2, 0) is 5.41 Å². The largest absolute Gasteiger partial charge is 0.339 e. The van der Waals surface area contributed by atoms with Gasteiger partial charge in [-0.3, -0.25) is 9.80 Å². The minimum absolute atomic E-state index is 0.0484. The summed E-state index contributed by atoms with van der Waals surface area (Å²) in [7, 11) is 2.14. The monoisotopic (exact) mass is 554 g/mol. The quantitative estimate of drug-likeness (QED) is 0.549. The van der Waals surface area contributed by atoms with Gasteiger partial charge in [-0.2, -0.15) is 4.98 Å². The summed E-state index contributed by atoms with van der Waals surface area (Å²) in [6, 6.07) is -1.59. The van der Waals surface area contributed by atoms with Gasteiger partial charge in [0.2, 0.25) is 5.89 Å². The van der Waals surface area contributed by atoms with Crippen molar-refractivity contribution in [3.05, 3.63) is 11.7 Å². The molecule has 3 heterocycles. The molecule has 11 heteroatoms. The number of piperidine rings is 2. The van der Waals surface area contributed by atoms with E-state index in [-0.39, 0.29) is 23.9 Å². The van der Waals surface area contributed by atoms with Crippen molar-refractivity contribution < 1.29 is 22.5 Å². The summed E-state index contributed by atoms with van der Waals surface area (Å²) in [4.78, 5) is 24.0. The molecular formula is C28H45F3N6O2. The number of hydrogen-bond donors (Lipinski definition) is 1. The highest BCUT2D eigenvalue weighted by Gasteiger charge is 2.51. The molecule has 8 nitrogen and oxygen atoms in total. The van der Waals surface area contributed by atoms with Crippen LogP contribution in [0.4, 0.5) is 18.0 Å². The van der Waals surface area contributed by atoms with Crippen molar-refractivity contribution in [1.29, 1.82) is 0 Å². The van der Waals surface area contributed by atoms with E-state index < -0.39 is 29.6 Å². The summed E-state index contributed by atoms with van der Waals surface area (Å²) in [5, 5.41) is 6.88. The zero-order chi connectivity index (χ0) is 28.2. The van der Waals surface area contributed by atoms with Gasteiger partial charge >= 0.3 is 6.03 Å². The van der Waals surface area contributed by atoms with Crippen LogP contribution >= 0.6 is 0 Å². The second kappa shape index (κ2) is 10.5. The molecule has 2 saturated heterocycles. The van der Waals surface area contributed by atoms with Crippen LogP contribution < -0.4 is 5.32 Å². The molecule has 1 aromatic rings. The first-order valence-electron chi connectivity index (χ1n) is 14.7. The molecule has 2 amide bonds. The highest BCUT2D eigenvalue weighted by atomic mass is 19.3. The number of urea groups is 1. The summed E-state index contributed by atoms with van der Waals surface area (Å²) in [6.07, 6.45) is 3.44. The van der Waals surface area contributed by atoms with E-state index in [2.05, 4.69) is 53.1 Å². The third-order valence-corrected chi connectivity index (χ3v) is 10.3. The van der Waals surface area contributed by atoms with Crippen molar-refractivity contribution in [2.24, 2.45) is 0 Å². The number of likely N-dealkylation sites (tertiary alicyclic amines) is 2. The Morgan fingerprint density at radius 3 is 2.33 bits per heavy atom. The van der Waals surface area contributed by atoms with Gasteiger partial charge in [-0.25, -0.2) is 18.0 Å². The normalized spacial score (nSPS) is 32.4. The molecular weight excluding hydrogens is 509 g/mol. The van der Waals surface area contributed by atoms with Gasteiger partial charge in [0.25, 0.3) is 5.92 Å². The number of carbonyl (C=O) groups excluding carboxylic acids is 1. The van der Waals surface area contributed by atoms with Gasteiger partial charge in [0.05, 0.1) is 5.92 Å². The van der Waals surface area contributed by atoms with Crippen LogP contribution in [0.1, 0.15) is 96.7 Å². The van der Waals surface area contributed by atoms with E-state index in [9.17, 15) is 9.18 Å². The lowest BCUT2D eigenvalue weighted by Gasteiger charge is -2.51. The Bertz CT molecular complexity index is 1020. The van der Waals surface area contributed by atoms with Crippen molar-refractivity contribution in [2.45, 2.75) is 126 Å². The summed E-state index contributed by atoms with van der Waals surface area (Å²) >= 11 is 0. The molecule has 4 atom stereocenters. The Morgan fingerprint density at radius 1 is 1.10 bits per heavy atom. The Balaban J connectivity index is 1.20. The Morgan fingerprint density at radius 2 is 1.74 bits per heavy atom. The van der Waals surface area contributed by atoms with Gasteiger partial charge in [0.15, 0.2) is 5.82 Å². The van der Waals surface area contributed by atoms with Crippen LogP contribution in [0.3, 0.4) is 0 Å². The highest BCUT2D eigenvalue weighted by Crippen LogP contribution is 2.44. The molecule has 0 radical (unpaired) electrons. The third kappa shape index (κ3) is 5.67. The van der Waals surface area contributed by atoms with E-state index in [4.69, 9.17) is 4.52 Å². The minimum atomic E-state index is -2.95. The van der Waals surface area contributed by atoms with Crippen molar-refractivity contribution in [3.8, 4) is 0 Å². The molecule has 2 aliphatic carbocycles. The molecule has 0 unspecified atom stereocenters. The van der Waals surface area contributed by atoms with Gasteiger partial charge in [0, 0.05) is 55.6 Å². The molecule has 4 aliphatic rings. The fourth-order valence-corrected chi connectivity index (χ4v) is 6.76. The fourth-order valence-electron chi connectivity index (χ4n) is 6.76. The molecule has 220 valence electrons. The zero-order valence-electron chi connectivity index (χ0n) is 24.1. The predicted molar refractivity (Wildman–Crippen MR) is 142 cm³/mol. The molecule has 39 heavy (non-hydrogen) atoms. The predicted octanol–water partition coefficient (Wildman–Crippen LogP) is 4.71. The molecule has 1 N–H and O–H groups in total. The molecule has 5 rings (SSSR count). The van der Waals surface area contributed by atoms with E-state index in [1.807, 2.05) is 6.92 Å². The molecule has 2 aliphatic heterocycles. The van der Waals surface area contributed by atoms with Gasteiger partial charge < -0.3 is 14.7 Å². The van der Waals surface area contributed by atoms with Gasteiger partial charge in [-0.15, -0.1) is 0 Å². The number of aromatic nitrogens is 2. The first kappa shape index (κ1) is 28.6. The molecule has 0 spiro atoms. The van der Waals surface area contributed by atoms with Crippen LogP contribution in [0.15, 0.2) is 4.52 Å². The molecule has 0 bridgehead atoms. The van der Waals surface area contributed by atoms with E-state index in [1.54, 1.807) is 4.90 Å². The van der Waals surface area contributed by atoms with E-state index in [1.165, 1.54) is 0 Å². The van der Waals surface area contributed by atoms with Gasteiger partial charge in [-0.05, 0) is 72.8 Å². The van der Waals surface area contributed by atoms with E-state index >= 15 is 8.78 Å². The molecule has 1 aromatic heterocycles. The van der Waals surface area contributed by atoms with Crippen LogP contribution in [0.5, 0.6) is 0 Å². The lowest BCUT2D eigenvalue weighted by molar-refractivity contribution is -0.0999. The minimum Gasteiger partial charge on any atom is -0.339 e. The fraction of sp³-hybridized carbons (Fsp3) is 0.893. The lowest BCUT2D eigenvalue weighted by Crippen LogP contribution is -2.66. The highest BCUT2D eigenvalue weighted by molar-refractivity contribution is 5.75. The van der Waals surface area contributed by atoms with Gasteiger partial charge in [0.1, 0.15) is 12.2 Å². The SMILES string of the molecule is CC(C)N(C)C1(C)CCN([C@H]2CCCC(F)(F)[C@@H]2NC(=O)N2CCC(C)(c3noc([C@@H]4C[C@@H]4F)n3)CC2)CC1. The smallest absolute Gasteiger partial charge is 0.317 e. The average Bonchev–Trinajstić information content (AvgIpc) is 3.41. The van der Waals surface area contributed by atoms with Crippen LogP contribution in [0.2, 0.25) is 0 Å². The van der Waals surface area contributed by atoms with Crippen LogP contribution in [0.25, 0.3) is 0 Å². The lowest BCUT2D eigenvalue weighted by atomic mass is 9.79. The first-order chi connectivity index (χ1) is 18.3. The summed E-state index contributed by atoms with van der Waals surface area (Å²) < 4.78 is 49.3. The van der Waals surface area contributed by atoms with E-state index in [0.29, 0.717) is 63.0 Å². The average molecular weight is 555 g/mol. The van der Waals surface area contributed by atoms with Crippen molar-refractivity contribution >= 4 is 6.03 Å². The third-order valence-electron chi connectivity index (χ3n) is 10.3. The number of halogens is 3. The number of carbonyl (C=O) groups is 1. The topological polar surface area (TPSA) is 77.7 Å². The Kier molecular flexibility index (Phi) is 7.72. The maximum absolute atomic E-state index is 15.3. The summed E-state index contributed by atoms with van der Waals surface area (Å²) in [5.41, 5.74) is -0.354. The number of amides is 2. The Labute approximate surface area is 230 Å². The molecule has 4 fully saturated rings. The number of nitrogens with one attached hydrogen (secondary N) is 1. The van der Waals surface area contributed by atoms with Crippen molar-refractivity contribution in [2.75, 3.05) is 33.2 Å². The summed E-state index contributed by atoms with van der Waals surface area (Å²) in [5.74, 6) is -2.36.